The van der Waals surface area contributed by atoms with Crippen molar-refractivity contribution in [3.05, 3.63) is 23.8 Å². The molecule has 3 rings (SSSR count). The Kier molecular flexibility index (Phi) is 4.73. The number of nitrogens with zero attached hydrogens (tertiary/aromatic N) is 1. The fourth-order valence-electron chi connectivity index (χ4n) is 3.52. The van der Waals surface area contributed by atoms with Gasteiger partial charge in [-0.1, -0.05) is 12.1 Å². The zero-order valence-electron chi connectivity index (χ0n) is 14.9. The van der Waals surface area contributed by atoms with Crippen molar-refractivity contribution >= 4 is 11.9 Å². The normalized spacial score (nSPS) is 23.7. The lowest BCUT2D eigenvalue weighted by Crippen LogP contribution is -2.35. The van der Waals surface area contributed by atoms with Gasteiger partial charge in [0.2, 0.25) is 0 Å². The highest BCUT2D eigenvalue weighted by Crippen LogP contribution is 2.42. The van der Waals surface area contributed by atoms with Crippen molar-refractivity contribution < 1.29 is 37.3 Å². The van der Waals surface area contributed by atoms with Crippen LogP contribution in [-0.4, -0.2) is 53.4 Å². The fraction of sp³-hybridized carbons (Fsp3) is 0.556. The Bertz CT molecular complexity index is 762. The van der Waals surface area contributed by atoms with Crippen LogP contribution >= 0.6 is 0 Å². The summed E-state index contributed by atoms with van der Waals surface area (Å²) in [6, 6.07) is 5.25. The van der Waals surface area contributed by atoms with Crippen LogP contribution in [0.3, 0.4) is 0 Å². The van der Waals surface area contributed by atoms with Crippen molar-refractivity contribution in [2.75, 3.05) is 19.7 Å². The number of ether oxygens (including phenoxy) is 2. The number of carboxylic acid groups (broad SMARTS) is 1. The average Bonchev–Trinajstić information content (AvgIpc) is 3.12. The lowest BCUT2D eigenvalue weighted by molar-refractivity contribution is -0.188. The first kappa shape index (κ1) is 19.3. The third-order valence-corrected chi connectivity index (χ3v) is 4.82. The molecule has 6 nitrogen and oxygen atoms in total. The van der Waals surface area contributed by atoms with Crippen LogP contribution in [0.25, 0.3) is 0 Å². The standard InChI is InChI=1S/C18H20F3NO5/c1-17(2)6-10-4-3-5-13(15(10)27-17)26-9-14(23)22-7-11(16(24)25)12(8-22)18(19,20)21/h3-5,11-12H,6-9H2,1-2H3,(H,24,25)/t11-,12-/m1/s1. The summed E-state index contributed by atoms with van der Waals surface area (Å²) in [5, 5.41) is 9.02. The molecular formula is C18H20F3NO5. The van der Waals surface area contributed by atoms with Crippen LogP contribution in [0.1, 0.15) is 19.4 Å². The number of hydrogen-bond acceptors (Lipinski definition) is 4. The minimum Gasteiger partial charge on any atom is -0.483 e. The monoisotopic (exact) mass is 387 g/mol. The van der Waals surface area contributed by atoms with Crippen LogP contribution in [-0.2, 0) is 16.0 Å². The molecular weight excluding hydrogens is 367 g/mol. The molecule has 1 amide bonds. The van der Waals surface area contributed by atoms with E-state index in [0.717, 1.165) is 10.5 Å². The first-order valence-corrected chi connectivity index (χ1v) is 8.49. The van der Waals surface area contributed by atoms with Crippen molar-refractivity contribution in [2.24, 2.45) is 11.8 Å². The molecule has 9 heteroatoms. The maximum Gasteiger partial charge on any atom is 0.394 e. The maximum atomic E-state index is 13.0. The number of fused-ring (bicyclic) bond motifs is 1. The minimum absolute atomic E-state index is 0.341. The lowest BCUT2D eigenvalue weighted by Gasteiger charge is -2.20. The van der Waals surface area contributed by atoms with Gasteiger partial charge in [0.1, 0.15) is 5.60 Å². The van der Waals surface area contributed by atoms with Gasteiger partial charge in [0.05, 0.1) is 11.8 Å². The number of benzene rings is 1. The Morgan fingerprint density at radius 3 is 2.63 bits per heavy atom. The quantitative estimate of drug-likeness (QED) is 0.859. The van der Waals surface area contributed by atoms with Gasteiger partial charge in [-0.25, -0.2) is 0 Å². The summed E-state index contributed by atoms with van der Waals surface area (Å²) in [6.45, 7) is 2.17. The van der Waals surface area contributed by atoms with Crippen LogP contribution in [0.4, 0.5) is 13.2 Å². The molecule has 0 aromatic heterocycles. The van der Waals surface area contributed by atoms with E-state index >= 15 is 0 Å². The first-order chi connectivity index (χ1) is 12.5. The molecule has 0 spiro atoms. The van der Waals surface area contributed by atoms with E-state index in [1.165, 1.54) is 0 Å². The predicted octanol–water partition coefficient (Wildman–Crippen LogP) is 2.50. The molecule has 0 radical (unpaired) electrons. The highest BCUT2D eigenvalue weighted by atomic mass is 19.4. The number of para-hydroxylation sites is 1. The average molecular weight is 387 g/mol. The van der Waals surface area contributed by atoms with Crippen molar-refractivity contribution in [1.29, 1.82) is 0 Å². The number of carbonyl (C=O) groups excluding carboxylic acids is 1. The molecule has 1 aromatic carbocycles. The number of rotatable bonds is 4. The number of carboxylic acids is 1. The fourth-order valence-corrected chi connectivity index (χ4v) is 3.52. The molecule has 27 heavy (non-hydrogen) atoms. The van der Waals surface area contributed by atoms with Crippen LogP contribution in [0.15, 0.2) is 18.2 Å². The van der Waals surface area contributed by atoms with Crippen molar-refractivity contribution in [1.82, 2.24) is 4.90 Å². The summed E-state index contributed by atoms with van der Waals surface area (Å²) in [5.74, 6) is -5.14. The summed E-state index contributed by atoms with van der Waals surface area (Å²) >= 11 is 0. The molecule has 148 valence electrons. The number of aliphatic carboxylic acids is 1. The molecule has 0 unspecified atom stereocenters. The zero-order chi connectivity index (χ0) is 20.0. The summed E-state index contributed by atoms with van der Waals surface area (Å²) in [6.07, 6.45) is -4.01. The van der Waals surface area contributed by atoms with Gasteiger partial charge in [-0.2, -0.15) is 13.2 Å². The van der Waals surface area contributed by atoms with Crippen LogP contribution < -0.4 is 9.47 Å². The third-order valence-electron chi connectivity index (χ3n) is 4.82. The van der Waals surface area contributed by atoms with E-state index in [-0.39, 0.29) is 0 Å². The number of alkyl halides is 3. The Hall–Kier alpha value is -2.45. The molecule has 1 fully saturated rings. The molecule has 1 saturated heterocycles. The Morgan fingerprint density at radius 2 is 2.04 bits per heavy atom. The number of amides is 1. The highest BCUT2D eigenvalue weighted by molar-refractivity contribution is 5.80. The van der Waals surface area contributed by atoms with Crippen LogP contribution in [0.5, 0.6) is 11.5 Å². The molecule has 2 aliphatic heterocycles. The van der Waals surface area contributed by atoms with E-state index in [4.69, 9.17) is 14.6 Å². The van der Waals surface area contributed by atoms with Gasteiger partial charge in [0, 0.05) is 25.1 Å². The molecule has 2 aliphatic rings. The summed E-state index contributed by atoms with van der Waals surface area (Å²) in [4.78, 5) is 24.3. The molecule has 1 aromatic rings. The van der Waals surface area contributed by atoms with Gasteiger partial charge in [-0.3, -0.25) is 9.59 Å². The van der Waals surface area contributed by atoms with E-state index in [1.807, 2.05) is 19.9 Å². The lowest BCUT2D eigenvalue weighted by atomic mass is 9.96. The predicted molar refractivity (Wildman–Crippen MR) is 87.6 cm³/mol. The second-order valence-electron chi connectivity index (χ2n) is 7.46. The second-order valence-corrected chi connectivity index (χ2v) is 7.46. The maximum absolute atomic E-state index is 13.0. The topological polar surface area (TPSA) is 76.1 Å². The molecule has 0 bridgehead atoms. The Balaban J connectivity index is 1.66. The SMILES string of the molecule is CC1(C)Cc2cccc(OCC(=O)N3C[C@@H](C(F)(F)F)[C@H](C(=O)O)C3)c2O1. The van der Waals surface area contributed by atoms with E-state index in [9.17, 15) is 22.8 Å². The minimum atomic E-state index is -4.68. The molecule has 2 heterocycles. The number of hydrogen-bond donors (Lipinski definition) is 1. The largest absolute Gasteiger partial charge is 0.483 e. The third kappa shape index (κ3) is 3.96. The van der Waals surface area contributed by atoms with E-state index in [1.54, 1.807) is 12.1 Å². The van der Waals surface area contributed by atoms with Crippen molar-refractivity contribution in [2.45, 2.75) is 32.0 Å². The molecule has 2 atom stereocenters. The van der Waals surface area contributed by atoms with Gasteiger partial charge in [-0.15, -0.1) is 0 Å². The summed E-state index contributed by atoms with van der Waals surface area (Å²) < 4.78 is 50.4. The Morgan fingerprint density at radius 1 is 1.33 bits per heavy atom. The Labute approximate surface area is 153 Å². The molecule has 0 aliphatic carbocycles. The van der Waals surface area contributed by atoms with E-state index in [0.29, 0.717) is 17.9 Å². The molecule has 1 N–H and O–H groups in total. The van der Waals surface area contributed by atoms with Gasteiger partial charge in [0.25, 0.3) is 5.91 Å². The molecule has 0 saturated carbocycles. The highest BCUT2D eigenvalue weighted by Gasteiger charge is 2.53. The number of halogens is 3. The van der Waals surface area contributed by atoms with Gasteiger partial charge >= 0.3 is 12.1 Å². The van der Waals surface area contributed by atoms with Gasteiger partial charge < -0.3 is 19.5 Å². The summed E-state index contributed by atoms with van der Waals surface area (Å²) in [5.41, 5.74) is 0.518. The zero-order valence-corrected chi connectivity index (χ0v) is 14.9. The van der Waals surface area contributed by atoms with Crippen LogP contribution in [0.2, 0.25) is 0 Å². The second kappa shape index (κ2) is 6.61. The van der Waals surface area contributed by atoms with Crippen LogP contribution in [0, 0.1) is 11.8 Å². The van der Waals surface area contributed by atoms with Crippen molar-refractivity contribution in [3.63, 3.8) is 0 Å². The van der Waals surface area contributed by atoms with Gasteiger partial charge in [-0.05, 0) is 19.9 Å². The summed E-state index contributed by atoms with van der Waals surface area (Å²) in [7, 11) is 0. The number of carbonyl (C=O) groups is 2. The van der Waals surface area contributed by atoms with E-state index in [2.05, 4.69) is 0 Å². The van der Waals surface area contributed by atoms with E-state index < -0.39 is 55.2 Å². The number of likely N-dealkylation sites (tertiary alicyclic amines) is 1. The first-order valence-electron chi connectivity index (χ1n) is 8.49. The van der Waals surface area contributed by atoms with Gasteiger partial charge in [0.15, 0.2) is 18.1 Å². The van der Waals surface area contributed by atoms with Crippen molar-refractivity contribution in [3.8, 4) is 11.5 Å². The smallest absolute Gasteiger partial charge is 0.394 e.